The summed E-state index contributed by atoms with van der Waals surface area (Å²) in [5.74, 6) is -4.45. The first kappa shape index (κ1) is 50.7. The molecule has 1 spiro atoms. The summed E-state index contributed by atoms with van der Waals surface area (Å²) < 4.78 is 92.7. The molecule has 22 unspecified atom stereocenters. The Morgan fingerprint density at radius 2 is 1.59 bits per heavy atom. The lowest BCUT2D eigenvalue weighted by Gasteiger charge is -2.47. The highest BCUT2D eigenvalue weighted by Crippen LogP contribution is 2.54. The maximum Gasteiger partial charge on any atom is 0.351 e. The van der Waals surface area contributed by atoms with Gasteiger partial charge in [-0.05, 0) is 68.1 Å². The van der Waals surface area contributed by atoms with E-state index in [1.54, 1.807) is 7.11 Å². The number of carbonyl (C=O) groups excluding carboxylic acids is 1. The molecule has 21 heteroatoms. The third-order valence-electron chi connectivity index (χ3n) is 16.6. The lowest BCUT2D eigenvalue weighted by Crippen LogP contribution is -2.61. The monoisotopic (exact) mass is 992 g/mol. The normalized spacial score (nSPS) is 46.8. The van der Waals surface area contributed by atoms with Crippen molar-refractivity contribution >= 4 is 11.6 Å². The molecule has 12 heterocycles. The minimum absolute atomic E-state index is 0.0158. The van der Waals surface area contributed by atoms with Crippen LogP contribution in [0.2, 0.25) is 0 Å². The molecule has 0 aliphatic carbocycles. The number of anilines is 1. The number of nitrogens with zero attached hydrogens (tertiary/aromatic N) is 2. The minimum Gasteiger partial charge on any atom is -0.394 e. The number of nitrogens with two attached hydrogens (primary N) is 2. The van der Waals surface area contributed by atoms with Gasteiger partial charge in [0, 0.05) is 64.3 Å². The lowest BCUT2D eigenvalue weighted by atomic mass is 9.81. The predicted molar refractivity (Wildman–Crippen MR) is 241 cm³/mol. The Kier molecular flexibility index (Phi) is 14.5. The highest BCUT2D eigenvalue weighted by Gasteiger charge is 2.69. The molecule has 11 aliphatic rings. The van der Waals surface area contributed by atoms with E-state index in [1.807, 2.05) is 0 Å². The van der Waals surface area contributed by atoms with Crippen LogP contribution in [0, 0.1) is 11.8 Å². The van der Waals surface area contributed by atoms with Crippen molar-refractivity contribution in [1.82, 2.24) is 9.55 Å². The summed E-state index contributed by atoms with van der Waals surface area (Å²) >= 11 is 0. The molecule has 0 amide bonds. The molecule has 11 fully saturated rings. The zero-order valence-corrected chi connectivity index (χ0v) is 39.8. The van der Waals surface area contributed by atoms with E-state index in [1.165, 1.54) is 0 Å². The van der Waals surface area contributed by atoms with E-state index in [0.29, 0.717) is 30.3 Å². The predicted octanol–water partition coefficient (Wildman–Crippen LogP) is 2.15. The third kappa shape index (κ3) is 9.59. The minimum atomic E-state index is -3.71. The number of Topliss-reactive ketones (excluding diaryl/α,β-unsaturated/α-hetero) is 1. The summed E-state index contributed by atoms with van der Waals surface area (Å²) in [5.41, 5.74) is 12.2. The summed E-state index contributed by atoms with van der Waals surface area (Å²) in [7, 11) is 1.66. The van der Waals surface area contributed by atoms with Gasteiger partial charge in [-0.3, -0.25) is 9.36 Å². The first-order valence-corrected chi connectivity index (χ1v) is 25.2. The zero-order chi connectivity index (χ0) is 49.4. The molecule has 0 saturated carbocycles. The Morgan fingerprint density at radius 1 is 0.857 bits per heavy atom. The molecule has 1 aromatic rings. The largest absolute Gasteiger partial charge is 0.394 e. The number of hydrogen-bond acceptors (Lipinski definition) is 18. The topological polar surface area (TPSA) is 257 Å². The number of aliphatic hydroxyl groups is 3. The van der Waals surface area contributed by atoms with Crippen LogP contribution >= 0.6 is 0 Å². The summed E-state index contributed by atoms with van der Waals surface area (Å²) in [6.07, 6.45) is 0.164. The summed E-state index contributed by atoms with van der Waals surface area (Å²) in [4.78, 5) is 28.8. The zero-order valence-electron chi connectivity index (χ0n) is 39.8. The van der Waals surface area contributed by atoms with Crippen LogP contribution in [-0.4, -0.2) is 172 Å². The van der Waals surface area contributed by atoms with Gasteiger partial charge in [-0.25, -0.2) is 4.79 Å². The molecular formula is C49H70F2N4O15. The van der Waals surface area contributed by atoms with Gasteiger partial charge in [-0.1, -0.05) is 20.1 Å². The fraction of sp³-hybridized carbons (Fsp3) is 0.816. The van der Waals surface area contributed by atoms with Gasteiger partial charge in [0.05, 0.1) is 73.8 Å². The Labute approximate surface area is 405 Å². The van der Waals surface area contributed by atoms with E-state index in [0.717, 1.165) is 68.4 Å². The number of aromatic nitrogens is 2. The van der Waals surface area contributed by atoms with Crippen molar-refractivity contribution in [2.75, 3.05) is 26.0 Å². The summed E-state index contributed by atoms with van der Waals surface area (Å²) in [6.45, 7) is 10.5. The molecule has 12 rings (SSSR count). The number of ketones is 1. The Balaban J connectivity index is 0.000000266. The standard InChI is InChI=1S/C40H59NO11.C9H11F2N3O4/c1-19-11-24-5-7-28-20(2)12-26(45-28)9-10-40-17-33-36(51-40)37-38(50-33)39(52-40)35-29(49-37)8-6-25(47-35)13-22(42)14-27-31(16-30(46-24)21(19)3)48-32(34(27)44-4)15-23(43)18-41;10-9(11)6(16)4(3-15)18-7(9)14-2-1-5(12)13-8(14)17/h19,23-39,43H,2-3,5-18,41H2,1,4H3;1-2,4,6-7,15-16H,3H2,(H2,12,13,17). The van der Waals surface area contributed by atoms with Crippen LogP contribution in [0.4, 0.5) is 14.6 Å². The number of nitrogen functional groups attached to an aromatic ring is 1. The Morgan fingerprint density at radius 3 is 2.33 bits per heavy atom. The summed E-state index contributed by atoms with van der Waals surface area (Å²) in [5, 5.41) is 28.6. The number of fused-ring (bicyclic) bond motifs is 6. The van der Waals surface area contributed by atoms with Gasteiger partial charge in [0.1, 0.15) is 48.2 Å². The van der Waals surface area contributed by atoms with Gasteiger partial charge in [0.2, 0.25) is 6.23 Å². The average Bonchev–Trinajstić information content (AvgIpc) is 4.06. The van der Waals surface area contributed by atoms with Crippen molar-refractivity contribution in [3.63, 3.8) is 0 Å². The van der Waals surface area contributed by atoms with Gasteiger partial charge in [0.25, 0.3) is 0 Å². The SMILES string of the molecule is C=C1CC2CCC34CC5OC6C(OC7CCC(CC(=O)CC8C(CC9OC(CCC1O2)CC(C)C9=C)OC(CC(O)CN)C8OC)OC7C6O3)C5O4.Nc1ccn(C2OC(CO)C(O)C2(F)F)c(=O)n1. The van der Waals surface area contributed by atoms with Crippen LogP contribution in [0.15, 0.2) is 41.4 Å². The molecule has 390 valence electrons. The highest BCUT2D eigenvalue weighted by molar-refractivity contribution is 5.79. The third-order valence-corrected chi connectivity index (χ3v) is 16.6. The van der Waals surface area contributed by atoms with Gasteiger partial charge >= 0.3 is 11.6 Å². The first-order valence-electron chi connectivity index (χ1n) is 25.2. The van der Waals surface area contributed by atoms with Crippen molar-refractivity contribution < 1.29 is 76.3 Å². The average molecular weight is 993 g/mol. The second-order valence-corrected chi connectivity index (χ2v) is 21.3. The van der Waals surface area contributed by atoms with Crippen molar-refractivity contribution in [3.8, 4) is 0 Å². The number of ether oxygens (including phenoxy) is 10. The van der Waals surface area contributed by atoms with Crippen LogP contribution in [-0.2, 0) is 52.2 Å². The van der Waals surface area contributed by atoms with Gasteiger partial charge < -0.3 is 74.2 Å². The maximum absolute atomic E-state index is 14.1. The number of alkyl halides is 2. The van der Waals surface area contributed by atoms with Crippen molar-refractivity contribution in [1.29, 1.82) is 0 Å². The van der Waals surface area contributed by atoms with Crippen LogP contribution in [0.5, 0.6) is 0 Å². The fourth-order valence-electron chi connectivity index (χ4n) is 13.0. The van der Waals surface area contributed by atoms with Gasteiger partial charge in [-0.2, -0.15) is 13.8 Å². The second-order valence-electron chi connectivity index (χ2n) is 21.3. The van der Waals surface area contributed by atoms with Crippen molar-refractivity contribution in [3.05, 3.63) is 47.1 Å². The number of methoxy groups -OCH3 is 1. The van der Waals surface area contributed by atoms with Crippen LogP contribution in [0.25, 0.3) is 0 Å². The highest BCUT2D eigenvalue weighted by atomic mass is 19.3. The quantitative estimate of drug-likeness (QED) is 0.256. The maximum atomic E-state index is 14.1. The molecule has 11 aliphatic heterocycles. The molecule has 12 bridgehead atoms. The van der Waals surface area contributed by atoms with Crippen molar-refractivity contribution in [2.24, 2.45) is 17.6 Å². The molecule has 22 atom stereocenters. The molecule has 11 saturated heterocycles. The Bertz CT molecular complexity index is 2160. The molecule has 1 aromatic heterocycles. The van der Waals surface area contributed by atoms with E-state index in [-0.39, 0.29) is 128 Å². The molecule has 0 radical (unpaired) electrons. The number of aliphatic hydroxyl groups excluding tert-OH is 3. The van der Waals surface area contributed by atoms with E-state index in [9.17, 15) is 28.6 Å². The van der Waals surface area contributed by atoms with Crippen LogP contribution in [0.1, 0.15) is 96.6 Å². The molecule has 7 N–H and O–H groups in total. The summed E-state index contributed by atoms with van der Waals surface area (Å²) in [6, 6.07) is 1.15. The molecule has 19 nitrogen and oxygen atoms in total. The number of hydrogen-bond donors (Lipinski definition) is 5. The first-order chi connectivity index (χ1) is 33.5. The molecule has 70 heavy (non-hydrogen) atoms. The fourth-order valence-corrected chi connectivity index (χ4v) is 13.0. The molecular weight excluding hydrogens is 923 g/mol. The van der Waals surface area contributed by atoms with Crippen LogP contribution in [0.3, 0.4) is 0 Å². The molecule has 0 aromatic carbocycles. The number of rotatable bonds is 6. The van der Waals surface area contributed by atoms with Crippen molar-refractivity contribution in [2.45, 2.75) is 218 Å². The van der Waals surface area contributed by atoms with E-state index < -0.39 is 54.7 Å². The second kappa shape index (κ2) is 20.1. The lowest BCUT2D eigenvalue weighted by molar-refractivity contribution is -0.292. The van der Waals surface area contributed by atoms with Gasteiger partial charge in [-0.15, -0.1) is 0 Å². The van der Waals surface area contributed by atoms with Gasteiger partial charge in [0.15, 0.2) is 11.9 Å². The smallest absolute Gasteiger partial charge is 0.351 e. The van der Waals surface area contributed by atoms with E-state index in [4.69, 9.17) is 63.9 Å². The van der Waals surface area contributed by atoms with E-state index in [2.05, 4.69) is 25.1 Å². The number of halogens is 2. The Hall–Kier alpha value is -2.87. The number of carbonyl (C=O) groups is 1. The van der Waals surface area contributed by atoms with Crippen LogP contribution < -0.4 is 17.2 Å². The van der Waals surface area contributed by atoms with E-state index >= 15 is 0 Å².